The molecule has 114 valence electrons. The van der Waals surface area contributed by atoms with Crippen LogP contribution in [0.1, 0.15) is 15.9 Å². The standard InChI is InChI=1S/C18H12ClNO3/c19-18-14(8-13(21)9-17(18)23)16(22)6-5-11-7-12-3-1-2-4-15(12)20-10-11/h1-10,21,23H/b6-5+. The minimum absolute atomic E-state index is 0.0363. The number of hydrogen-bond donors (Lipinski definition) is 2. The average molecular weight is 326 g/mol. The summed E-state index contributed by atoms with van der Waals surface area (Å²) in [6.45, 7) is 0. The van der Waals surface area contributed by atoms with Crippen molar-refractivity contribution in [2.75, 3.05) is 0 Å². The number of pyridine rings is 1. The van der Waals surface area contributed by atoms with Crippen molar-refractivity contribution < 1.29 is 15.0 Å². The minimum Gasteiger partial charge on any atom is -0.508 e. The molecule has 0 atom stereocenters. The molecule has 0 spiro atoms. The van der Waals surface area contributed by atoms with E-state index in [2.05, 4.69) is 4.98 Å². The fourth-order valence-electron chi connectivity index (χ4n) is 2.21. The zero-order chi connectivity index (χ0) is 16.4. The summed E-state index contributed by atoms with van der Waals surface area (Å²) < 4.78 is 0. The van der Waals surface area contributed by atoms with Gasteiger partial charge < -0.3 is 10.2 Å². The van der Waals surface area contributed by atoms with Crippen molar-refractivity contribution in [3.8, 4) is 11.5 Å². The highest BCUT2D eigenvalue weighted by Gasteiger charge is 2.13. The molecule has 1 heterocycles. The van der Waals surface area contributed by atoms with Crippen LogP contribution in [0.15, 0.2) is 54.7 Å². The molecule has 3 aromatic rings. The zero-order valence-electron chi connectivity index (χ0n) is 11.9. The van der Waals surface area contributed by atoms with Crippen molar-refractivity contribution in [2.24, 2.45) is 0 Å². The van der Waals surface area contributed by atoms with Gasteiger partial charge in [-0.2, -0.15) is 0 Å². The molecule has 0 amide bonds. The zero-order valence-corrected chi connectivity index (χ0v) is 12.7. The van der Waals surface area contributed by atoms with Crippen molar-refractivity contribution in [1.29, 1.82) is 0 Å². The monoisotopic (exact) mass is 325 g/mol. The summed E-state index contributed by atoms with van der Waals surface area (Å²) in [6.07, 6.45) is 4.60. The first-order valence-electron chi connectivity index (χ1n) is 6.83. The number of aromatic nitrogens is 1. The quantitative estimate of drug-likeness (QED) is 0.559. The van der Waals surface area contributed by atoms with Crippen LogP contribution in [0, 0.1) is 0 Å². The first-order chi connectivity index (χ1) is 11.0. The summed E-state index contributed by atoms with van der Waals surface area (Å²) in [5, 5.41) is 19.9. The van der Waals surface area contributed by atoms with Gasteiger partial charge in [-0.15, -0.1) is 0 Å². The minimum atomic E-state index is -0.422. The highest BCUT2D eigenvalue weighted by Crippen LogP contribution is 2.32. The smallest absolute Gasteiger partial charge is 0.187 e. The topological polar surface area (TPSA) is 70.4 Å². The van der Waals surface area contributed by atoms with Crippen LogP contribution in [-0.2, 0) is 0 Å². The van der Waals surface area contributed by atoms with E-state index in [9.17, 15) is 15.0 Å². The molecule has 2 aromatic carbocycles. The first kappa shape index (κ1) is 15.1. The summed E-state index contributed by atoms with van der Waals surface area (Å²) in [6, 6.07) is 11.9. The van der Waals surface area contributed by atoms with E-state index in [1.807, 2.05) is 30.3 Å². The van der Waals surface area contributed by atoms with Crippen molar-refractivity contribution in [3.05, 3.63) is 70.9 Å². The molecule has 5 heteroatoms. The maximum absolute atomic E-state index is 12.2. The Kier molecular flexibility index (Phi) is 4.00. The number of benzene rings is 2. The Labute approximate surface area is 137 Å². The Hall–Kier alpha value is -2.85. The van der Waals surface area contributed by atoms with Gasteiger partial charge in [-0.25, -0.2) is 0 Å². The van der Waals surface area contributed by atoms with E-state index < -0.39 is 5.78 Å². The maximum atomic E-state index is 12.2. The number of halogens is 1. The van der Waals surface area contributed by atoms with Gasteiger partial charge in [0.2, 0.25) is 0 Å². The van der Waals surface area contributed by atoms with Gasteiger partial charge in [0, 0.05) is 23.2 Å². The van der Waals surface area contributed by atoms with Crippen LogP contribution < -0.4 is 0 Å². The Morgan fingerprint density at radius 2 is 1.91 bits per heavy atom. The van der Waals surface area contributed by atoms with E-state index in [1.54, 1.807) is 12.3 Å². The Morgan fingerprint density at radius 3 is 2.74 bits per heavy atom. The van der Waals surface area contributed by atoms with Gasteiger partial charge in [-0.1, -0.05) is 29.8 Å². The van der Waals surface area contributed by atoms with Crippen LogP contribution in [0.2, 0.25) is 5.02 Å². The molecule has 0 bridgehead atoms. The molecule has 0 saturated heterocycles. The van der Waals surface area contributed by atoms with Gasteiger partial charge in [0.05, 0.1) is 10.5 Å². The van der Waals surface area contributed by atoms with Crippen LogP contribution in [0.5, 0.6) is 11.5 Å². The lowest BCUT2D eigenvalue weighted by atomic mass is 10.1. The molecule has 0 saturated carbocycles. The third kappa shape index (κ3) is 3.17. The van der Waals surface area contributed by atoms with E-state index in [1.165, 1.54) is 12.1 Å². The second kappa shape index (κ2) is 6.10. The maximum Gasteiger partial charge on any atom is 0.187 e. The number of ketones is 1. The molecule has 1 aromatic heterocycles. The number of carbonyl (C=O) groups is 1. The number of allylic oxidation sites excluding steroid dienone is 1. The Bertz CT molecular complexity index is 935. The van der Waals surface area contributed by atoms with Crippen LogP contribution >= 0.6 is 11.6 Å². The molecule has 0 fully saturated rings. The highest BCUT2D eigenvalue weighted by molar-refractivity contribution is 6.36. The third-order valence-electron chi connectivity index (χ3n) is 3.34. The SMILES string of the molecule is O=C(/C=C/c1cnc2ccccc2c1)c1cc(O)cc(O)c1Cl. The number of hydrogen-bond acceptors (Lipinski definition) is 4. The molecule has 3 rings (SSSR count). The van der Waals surface area contributed by atoms with E-state index in [0.717, 1.165) is 22.5 Å². The fraction of sp³-hybridized carbons (Fsp3) is 0. The third-order valence-corrected chi connectivity index (χ3v) is 3.74. The number of aromatic hydroxyl groups is 2. The summed E-state index contributed by atoms with van der Waals surface area (Å²) >= 11 is 5.89. The lowest BCUT2D eigenvalue weighted by Crippen LogP contribution is -1.95. The van der Waals surface area contributed by atoms with E-state index in [4.69, 9.17) is 11.6 Å². The van der Waals surface area contributed by atoms with Crippen molar-refractivity contribution in [1.82, 2.24) is 4.98 Å². The van der Waals surface area contributed by atoms with Gasteiger partial charge in [-0.3, -0.25) is 9.78 Å². The first-order valence-corrected chi connectivity index (χ1v) is 7.21. The van der Waals surface area contributed by atoms with Gasteiger partial charge in [-0.05, 0) is 35.9 Å². The van der Waals surface area contributed by atoms with Gasteiger partial charge in [0.1, 0.15) is 11.5 Å². The molecular formula is C18H12ClNO3. The van der Waals surface area contributed by atoms with E-state index in [-0.39, 0.29) is 22.1 Å². The van der Waals surface area contributed by atoms with Gasteiger partial charge in [0.25, 0.3) is 0 Å². The normalized spacial score (nSPS) is 11.2. The van der Waals surface area contributed by atoms with Crippen LogP contribution in [0.25, 0.3) is 17.0 Å². The van der Waals surface area contributed by atoms with E-state index >= 15 is 0 Å². The van der Waals surface area contributed by atoms with Gasteiger partial charge in [0.15, 0.2) is 5.78 Å². The van der Waals surface area contributed by atoms with Crippen molar-refractivity contribution in [2.45, 2.75) is 0 Å². The van der Waals surface area contributed by atoms with Crippen LogP contribution in [0.4, 0.5) is 0 Å². The fourth-order valence-corrected chi connectivity index (χ4v) is 2.42. The summed E-state index contributed by atoms with van der Waals surface area (Å²) in [4.78, 5) is 16.5. The molecule has 2 N–H and O–H groups in total. The molecule has 4 nitrogen and oxygen atoms in total. The number of phenols is 2. The average Bonchev–Trinajstić information content (AvgIpc) is 2.55. The second-order valence-corrected chi connectivity index (χ2v) is 5.36. The molecular weight excluding hydrogens is 314 g/mol. The molecule has 0 aliphatic carbocycles. The number of rotatable bonds is 3. The lowest BCUT2D eigenvalue weighted by Gasteiger charge is -2.04. The molecule has 0 aliphatic rings. The molecule has 0 aliphatic heterocycles. The summed E-state index contributed by atoms with van der Waals surface area (Å²) in [5.41, 5.74) is 1.67. The van der Waals surface area contributed by atoms with E-state index in [0.29, 0.717) is 0 Å². The van der Waals surface area contributed by atoms with Crippen LogP contribution in [0.3, 0.4) is 0 Å². The number of nitrogens with zero attached hydrogens (tertiary/aromatic N) is 1. The lowest BCUT2D eigenvalue weighted by molar-refractivity contribution is 0.104. The summed E-state index contributed by atoms with van der Waals surface area (Å²) in [7, 11) is 0. The highest BCUT2D eigenvalue weighted by atomic mass is 35.5. The van der Waals surface area contributed by atoms with Gasteiger partial charge >= 0.3 is 0 Å². The van der Waals surface area contributed by atoms with Crippen molar-refractivity contribution in [3.63, 3.8) is 0 Å². The van der Waals surface area contributed by atoms with Crippen molar-refractivity contribution >= 4 is 34.4 Å². The Morgan fingerprint density at radius 1 is 1.13 bits per heavy atom. The Balaban J connectivity index is 1.91. The van der Waals surface area contributed by atoms with Crippen LogP contribution in [-0.4, -0.2) is 21.0 Å². The predicted octanol–water partition coefficient (Wildman–Crippen LogP) is 4.20. The number of fused-ring (bicyclic) bond motifs is 1. The number of carbonyl (C=O) groups excluding carboxylic acids is 1. The molecule has 23 heavy (non-hydrogen) atoms. The number of para-hydroxylation sites is 1. The molecule has 0 radical (unpaired) electrons. The largest absolute Gasteiger partial charge is 0.508 e. The second-order valence-electron chi connectivity index (χ2n) is 4.99. The number of phenolic OH excluding ortho intramolecular Hbond substituents is 2. The summed E-state index contributed by atoms with van der Waals surface area (Å²) in [5.74, 6) is -0.985. The predicted molar refractivity (Wildman–Crippen MR) is 89.9 cm³/mol. The molecule has 0 unspecified atom stereocenters.